The standard InChI is InChI=1S/C25H26Br2N2O4/c1-4-15(2)19-7-5-6-8-21(19)33-16(3)25(31)29-28-23(30)14-32-22-12-9-17-13-18(26)10-11-20(17)24(22)27/h5-13,15-16H,4,14H2,1-3H3,(H,28,30)(H,29,31). The highest BCUT2D eigenvalue weighted by atomic mass is 79.9. The monoisotopic (exact) mass is 576 g/mol. The second kappa shape index (κ2) is 11.5. The van der Waals surface area contributed by atoms with Crippen LogP contribution < -0.4 is 20.3 Å². The van der Waals surface area contributed by atoms with Crippen molar-refractivity contribution in [1.82, 2.24) is 10.9 Å². The van der Waals surface area contributed by atoms with Gasteiger partial charge in [-0.05, 0) is 75.8 Å². The lowest BCUT2D eigenvalue weighted by molar-refractivity contribution is -0.133. The van der Waals surface area contributed by atoms with E-state index in [1.165, 1.54) is 0 Å². The van der Waals surface area contributed by atoms with Gasteiger partial charge in [-0.25, -0.2) is 0 Å². The lowest BCUT2D eigenvalue weighted by Gasteiger charge is -2.19. The molecule has 3 rings (SSSR count). The molecule has 0 saturated carbocycles. The van der Waals surface area contributed by atoms with Gasteiger partial charge in [0, 0.05) is 4.47 Å². The second-order valence-corrected chi connectivity index (χ2v) is 9.39. The molecule has 0 aliphatic carbocycles. The van der Waals surface area contributed by atoms with Crippen LogP contribution in [0.1, 0.15) is 38.7 Å². The van der Waals surface area contributed by atoms with Crippen molar-refractivity contribution in [2.45, 2.75) is 39.2 Å². The van der Waals surface area contributed by atoms with Gasteiger partial charge in [-0.15, -0.1) is 0 Å². The van der Waals surface area contributed by atoms with Gasteiger partial charge in [0.05, 0.1) is 4.47 Å². The Morgan fingerprint density at radius 2 is 1.73 bits per heavy atom. The average molecular weight is 578 g/mol. The number of halogens is 2. The molecule has 174 valence electrons. The van der Waals surface area contributed by atoms with Gasteiger partial charge in [-0.3, -0.25) is 20.4 Å². The van der Waals surface area contributed by atoms with Crippen LogP contribution in [0.5, 0.6) is 11.5 Å². The van der Waals surface area contributed by atoms with Crippen molar-refractivity contribution in [2.24, 2.45) is 0 Å². The third-order valence-corrected chi connectivity index (χ3v) is 6.61. The first-order valence-corrected chi connectivity index (χ1v) is 12.2. The van der Waals surface area contributed by atoms with Gasteiger partial charge in [0.2, 0.25) is 0 Å². The van der Waals surface area contributed by atoms with Gasteiger partial charge in [-0.2, -0.15) is 0 Å². The number of ether oxygens (including phenoxy) is 2. The smallest absolute Gasteiger partial charge is 0.279 e. The predicted molar refractivity (Wildman–Crippen MR) is 136 cm³/mol. The number of carbonyl (C=O) groups is 2. The van der Waals surface area contributed by atoms with Gasteiger partial charge in [0.15, 0.2) is 12.7 Å². The first kappa shape index (κ1) is 25.1. The number of hydrazine groups is 1. The van der Waals surface area contributed by atoms with Crippen LogP contribution in [-0.2, 0) is 9.59 Å². The molecule has 2 unspecified atom stereocenters. The number of hydrogen-bond donors (Lipinski definition) is 2. The Bertz CT molecular complexity index is 1150. The molecule has 2 atom stereocenters. The molecular formula is C25H26Br2N2O4. The predicted octanol–water partition coefficient (Wildman–Crippen LogP) is 5.87. The highest BCUT2D eigenvalue weighted by molar-refractivity contribution is 9.11. The molecule has 0 heterocycles. The molecule has 0 spiro atoms. The Balaban J connectivity index is 1.52. The molecule has 3 aromatic carbocycles. The summed E-state index contributed by atoms with van der Waals surface area (Å²) >= 11 is 6.98. The number of hydrogen-bond acceptors (Lipinski definition) is 4. The third kappa shape index (κ3) is 6.48. The van der Waals surface area contributed by atoms with E-state index in [0.717, 1.165) is 31.7 Å². The van der Waals surface area contributed by atoms with E-state index >= 15 is 0 Å². The zero-order valence-electron chi connectivity index (χ0n) is 18.7. The van der Waals surface area contributed by atoms with E-state index in [9.17, 15) is 9.59 Å². The summed E-state index contributed by atoms with van der Waals surface area (Å²) in [5, 5.41) is 2.00. The Morgan fingerprint density at radius 3 is 2.48 bits per heavy atom. The zero-order chi connectivity index (χ0) is 24.0. The lowest BCUT2D eigenvalue weighted by Crippen LogP contribution is -2.48. The Kier molecular flexibility index (Phi) is 8.74. The van der Waals surface area contributed by atoms with Crippen molar-refractivity contribution in [3.05, 3.63) is 69.1 Å². The van der Waals surface area contributed by atoms with Gasteiger partial charge in [0.25, 0.3) is 11.8 Å². The van der Waals surface area contributed by atoms with Crippen LogP contribution in [0.4, 0.5) is 0 Å². The summed E-state index contributed by atoms with van der Waals surface area (Å²) < 4.78 is 13.2. The summed E-state index contributed by atoms with van der Waals surface area (Å²) in [4.78, 5) is 24.6. The van der Waals surface area contributed by atoms with E-state index in [4.69, 9.17) is 9.47 Å². The summed E-state index contributed by atoms with van der Waals surface area (Å²) in [5.41, 5.74) is 5.81. The quantitative estimate of drug-likeness (QED) is 0.328. The van der Waals surface area contributed by atoms with Crippen molar-refractivity contribution >= 4 is 54.4 Å². The van der Waals surface area contributed by atoms with Crippen molar-refractivity contribution < 1.29 is 19.1 Å². The van der Waals surface area contributed by atoms with E-state index < -0.39 is 17.9 Å². The normalized spacial score (nSPS) is 12.6. The van der Waals surface area contributed by atoms with Crippen molar-refractivity contribution in [2.75, 3.05) is 6.61 Å². The van der Waals surface area contributed by atoms with Crippen molar-refractivity contribution in [1.29, 1.82) is 0 Å². The van der Waals surface area contributed by atoms with Crippen LogP contribution in [0.2, 0.25) is 0 Å². The topological polar surface area (TPSA) is 76.7 Å². The van der Waals surface area contributed by atoms with Crippen LogP contribution in [0.3, 0.4) is 0 Å². The van der Waals surface area contributed by atoms with E-state index in [1.807, 2.05) is 48.5 Å². The van der Waals surface area contributed by atoms with Crippen LogP contribution >= 0.6 is 31.9 Å². The molecule has 33 heavy (non-hydrogen) atoms. The molecule has 3 aromatic rings. The zero-order valence-corrected chi connectivity index (χ0v) is 21.8. The van der Waals surface area contributed by atoms with E-state index in [2.05, 4.69) is 56.6 Å². The molecule has 0 radical (unpaired) electrons. The molecule has 2 N–H and O–H groups in total. The summed E-state index contributed by atoms with van der Waals surface area (Å²) in [6, 6.07) is 17.2. The average Bonchev–Trinajstić information content (AvgIpc) is 2.81. The molecule has 0 fully saturated rings. The van der Waals surface area contributed by atoms with Gasteiger partial charge < -0.3 is 9.47 Å². The molecule has 0 aliphatic heterocycles. The maximum atomic E-state index is 12.4. The van der Waals surface area contributed by atoms with Crippen LogP contribution in [0.15, 0.2) is 63.5 Å². The van der Waals surface area contributed by atoms with Gasteiger partial charge in [-0.1, -0.05) is 60.1 Å². The highest BCUT2D eigenvalue weighted by Gasteiger charge is 2.18. The molecule has 0 aliphatic rings. The molecule has 6 nitrogen and oxygen atoms in total. The first-order valence-electron chi connectivity index (χ1n) is 10.6. The largest absolute Gasteiger partial charge is 0.483 e. The third-order valence-electron chi connectivity index (χ3n) is 5.30. The number of carbonyl (C=O) groups excluding carboxylic acids is 2. The minimum absolute atomic E-state index is 0.257. The van der Waals surface area contributed by atoms with Gasteiger partial charge >= 0.3 is 0 Å². The molecule has 0 saturated heterocycles. The number of para-hydroxylation sites is 1. The minimum Gasteiger partial charge on any atom is -0.483 e. The highest BCUT2D eigenvalue weighted by Crippen LogP contribution is 2.34. The number of nitrogens with one attached hydrogen (secondary N) is 2. The van der Waals surface area contributed by atoms with Crippen molar-refractivity contribution in [3.63, 3.8) is 0 Å². The summed E-state index contributed by atoms with van der Waals surface area (Å²) in [7, 11) is 0. The Hall–Kier alpha value is -2.58. The fourth-order valence-corrected chi connectivity index (χ4v) is 4.21. The molecular weight excluding hydrogens is 552 g/mol. The SMILES string of the molecule is CCC(C)c1ccccc1OC(C)C(=O)NNC(=O)COc1ccc2cc(Br)ccc2c1Br. The molecule has 2 amide bonds. The molecule has 8 heteroatoms. The molecule has 0 aromatic heterocycles. The number of rotatable bonds is 8. The Morgan fingerprint density at radius 1 is 0.970 bits per heavy atom. The Labute approximate surface area is 210 Å². The van der Waals surface area contributed by atoms with Gasteiger partial charge in [0.1, 0.15) is 11.5 Å². The van der Waals surface area contributed by atoms with E-state index in [1.54, 1.807) is 13.0 Å². The van der Waals surface area contributed by atoms with Crippen LogP contribution in [-0.4, -0.2) is 24.5 Å². The number of amides is 2. The lowest BCUT2D eigenvalue weighted by atomic mass is 9.98. The maximum absolute atomic E-state index is 12.4. The van der Waals surface area contributed by atoms with E-state index in [0.29, 0.717) is 17.4 Å². The number of fused-ring (bicyclic) bond motifs is 1. The summed E-state index contributed by atoms with van der Waals surface area (Å²) in [6.45, 7) is 5.59. The number of benzene rings is 3. The van der Waals surface area contributed by atoms with Crippen molar-refractivity contribution in [3.8, 4) is 11.5 Å². The summed E-state index contributed by atoms with van der Waals surface area (Å²) in [5.74, 6) is 0.560. The summed E-state index contributed by atoms with van der Waals surface area (Å²) in [6.07, 6.45) is 0.174. The minimum atomic E-state index is -0.787. The van der Waals surface area contributed by atoms with E-state index in [-0.39, 0.29) is 6.61 Å². The van der Waals surface area contributed by atoms with Crippen LogP contribution in [0.25, 0.3) is 10.8 Å². The maximum Gasteiger partial charge on any atom is 0.279 e. The fourth-order valence-electron chi connectivity index (χ4n) is 3.23. The fraction of sp³-hybridized carbons (Fsp3) is 0.280. The second-order valence-electron chi connectivity index (χ2n) is 7.68. The first-order chi connectivity index (χ1) is 15.8. The van der Waals surface area contributed by atoms with Crippen LogP contribution in [0, 0.1) is 0 Å². The molecule has 0 bridgehead atoms.